The van der Waals surface area contributed by atoms with Gasteiger partial charge in [-0.1, -0.05) is 26.0 Å². The van der Waals surface area contributed by atoms with E-state index in [0.29, 0.717) is 11.1 Å². The maximum Gasteiger partial charge on any atom is 0.417 e. The van der Waals surface area contributed by atoms with Gasteiger partial charge in [0.1, 0.15) is 5.82 Å². The molecule has 0 radical (unpaired) electrons. The molecule has 27 heavy (non-hydrogen) atoms. The number of aliphatic hydroxyl groups is 1. The van der Waals surface area contributed by atoms with Crippen LogP contribution in [0.5, 0.6) is 0 Å². The number of halogens is 4. The highest BCUT2D eigenvalue weighted by Crippen LogP contribution is 2.43. The predicted molar refractivity (Wildman–Crippen MR) is 94.8 cm³/mol. The minimum atomic E-state index is -4.83. The van der Waals surface area contributed by atoms with Crippen molar-refractivity contribution in [2.75, 3.05) is 0 Å². The summed E-state index contributed by atoms with van der Waals surface area (Å²) in [7, 11) is 0. The third kappa shape index (κ3) is 3.98. The Kier molecular flexibility index (Phi) is 4.76. The number of pyridine rings is 1. The summed E-state index contributed by atoms with van der Waals surface area (Å²) in [4.78, 5) is 6.82. The highest BCUT2D eigenvalue weighted by Gasteiger charge is 2.56. The normalized spacial score (nSPS) is 15.1. The third-order valence-electron chi connectivity index (χ3n) is 4.85. The number of hydrogen-bond acceptors (Lipinski definition) is 2. The van der Waals surface area contributed by atoms with Gasteiger partial charge in [-0.3, -0.25) is 4.98 Å². The van der Waals surface area contributed by atoms with Crippen LogP contribution < -0.4 is 0 Å². The topological polar surface area (TPSA) is 48.9 Å². The van der Waals surface area contributed by atoms with Gasteiger partial charge in [0, 0.05) is 23.7 Å². The Morgan fingerprint density at radius 1 is 1.07 bits per heavy atom. The highest BCUT2D eigenvalue weighted by molar-refractivity contribution is 5.79. The first kappa shape index (κ1) is 19.4. The summed E-state index contributed by atoms with van der Waals surface area (Å²) in [6.45, 7) is 3.21. The lowest BCUT2D eigenvalue weighted by Crippen LogP contribution is -2.50. The molecule has 0 aliphatic heterocycles. The number of rotatable bonds is 5. The summed E-state index contributed by atoms with van der Waals surface area (Å²) in [6.07, 6.45) is -2.94. The summed E-state index contributed by atoms with van der Waals surface area (Å²) in [6, 6.07) is 8.56. The van der Waals surface area contributed by atoms with E-state index in [0.717, 1.165) is 5.39 Å². The fourth-order valence-corrected chi connectivity index (χ4v) is 3.44. The van der Waals surface area contributed by atoms with Crippen LogP contribution >= 0.6 is 0 Å². The third-order valence-corrected chi connectivity index (χ3v) is 4.85. The molecule has 144 valence electrons. The lowest BCUT2D eigenvalue weighted by atomic mass is 9.73. The Balaban J connectivity index is 1.93. The molecule has 7 heteroatoms. The SMILES string of the molecule is CC(C)(CC(O)(Cc1cc2ccncc2[nH]1)C(F)(F)F)c1ccc(F)cc1. The second kappa shape index (κ2) is 6.64. The first-order valence-electron chi connectivity index (χ1n) is 8.47. The minimum Gasteiger partial charge on any atom is -0.380 e. The molecule has 2 aromatic heterocycles. The van der Waals surface area contributed by atoms with Crippen molar-refractivity contribution in [1.82, 2.24) is 9.97 Å². The smallest absolute Gasteiger partial charge is 0.380 e. The van der Waals surface area contributed by atoms with Gasteiger partial charge in [0.25, 0.3) is 0 Å². The van der Waals surface area contributed by atoms with E-state index in [1.54, 1.807) is 32.2 Å². The van der Waals surface area contributed by atoms with E-state index in [1.807, 2.05) is 0 Å². The number of H-pyrrole nitrogens is 1. The average molecular weight is 380 g/mol. The van der Waals surface area contributed by atoms with E-state index in [9.17, 15) is 22.7 Å². The molecule has 1 aromatic carbocycles. The first-order valence-corrected chi connectivity index (χ1v) is 8.47. The van der Waals surface area contributed by atoms with Gasteiger partial charge in [-0.15, -0.1) is 0 Å². The molecule has 1 atom stereocenters. The van der Waals surface area contributed by atoms with Crippen molar-refractivity contribution in [3.63, 3.8) is 0 Å². The molecule has 0 spiro atoms. The van der Waals surface area contributed by atoms with Crippen LogP contribution in [0.3, 0.4) is 0 Å². The van der Waals surface area contributed by atoms with Crippen molar-refractivity contribution >= 4 is 10.9 Å². The molecule has 0 aliphatic carbocycles. The summed E-state index contributed by atoms with van der Waals surface area (Å²) in [5.41, 5.74) is -2.57. The van der Waals surface area contributed by atoms with Crippen LogP contribution in [-0.4, -0.2) is 26.9 Å². The monoisotopic (exact) mass is 380 g/mol. The van der Waals surface area contributed by atoms with E-state index in [4.69, 9.17) is 0 Å². The van der Waals surface area contributed by atoms with Crippen molar-refractivity contribution in [2.24, 2.45) is 0 Å². The van der Waals surface area contributed by atoms with Crippen LogP contribution in [0, 0.1) is 5.82 Å². The number of nitrogens with one attached hydrogen (secondary N) is 1. The molecule has 0 saturated carbocycles. The number of aromatic amines is 1. The Morgan fingerprint density at radius 3 is 2.33 bits per heavy atom. The van der Waals surface area contributed by atoms with E-state index in [1.165, 1.54) is 30.5 Å². The van der Waals surface area contributed by atoms with Gasteiger partial charge in [-0.05, 0) is 41.7 Å². The predicted octanol–water partition coefficient (Wildman–Crippen LogP) is 4.91. The van der Waals surface area contributed by atoms with E-state index in [-0.39, 0.29) is 5.69 Å². The lowest BCUT2D eigenvalue weighted by molar-refractivity contribution is -0.266. The van der Waals surface area contributed by atoms with Crippen molar-refractivity contribution < 1.29 is 22.7 Å². The van der Waals surface area contributed by atoms with Crippen LogP contribution in [0.2, 0.25) is 0 Å². The van der Waals surface area contributed by atoms with Gasteiger partial charge >= 0.3 is 6.18 Å². The quantitative estimate of drug-likeness (QED) is 0.618. The fourth-order valence-electron chi connectivity index (χ4n) is 3.44. The van der Waals surface area contributed by atoms with Crippen molar-refractivity contribution in [3.8, 4) is 0 Å². The second-order valence-electron chi connectivity index (χ2n) is 7.53. The molecule has 0 amide bonds. The largest absolute Gasteiger partial charge is 0.417 e. The zero-order valence-electron chi connectivity index (χ0n) is 14.9. The van der Waals surface area contributed by atoms with Crippen molar-refractivity contribution in [2.45, 2.75) is 43.9 Å². The molecule has 0 fully saturated rings. The Morgan fingerprint density at radius 2 is 1.74 bits per heavy atom. The number of fused-ring (bicyclic) bond motifs is 1. The Labute approximate surface area is 154 Å². The standard InChI is InChI=1S/C20H20F4N2O/c1-18(2,14-3-5-15(21)6-4-14)12-19(27,20(22,23)24)10-16-9-13-7-8-25-11-17(13)26-16/h3-9,11,26-27H,10,12H2,1-2H3. The molecule has 0 aliphatic rings. The maximum atomic E-state index is 13.8. The van der Waals surface area contributed by atoms with Gasteiger partial charge in [-0.25, -0.2) is 4.39 Å². The highest BCUT2D eigenvalue weighted by atomic mass is 19.4. The Hall–Kier alpha value is -2.41. The van der Waals surface area contributed by atoms with Crippen molar-refractivity contribution in [1.29, 1.82) is 0 Å². The molecule has 1 unspecified atom stereocenters. The Bertz CT molecular complexity index is 898. The van der Waals surface area contributed by atoms with Crippen LogP contribution in [0.15, 0.2) is 48.8 Å². The zero-order valence-corrected chi connectivity index (χ0v) is 14.9. The molecular weight excluding hydrogens is 360 g/mol. The lowest BCUT2D eigenvalue weighted by Gasteiger charge is -2.38. The molecule has 3 nitrogen and oxygen atoms in total. The second-order valence-corrected chi connectivity index (χ2v) is 7.53. The summed E-state index contributed by atoms with van der Waals surface area (Å²) >= 11 is 0. The van der Waals surface area contributed by atoms with Gasteiger partial charge in [0.15, 0.2) is 5.60 Å². The van der Waals surface area contributed by atoms with Gasteiger partial charge in [0.05, 0.1) is 11.7 Å². The molecule has 0 bridgehead atoms. The van der Waals surface area contributed by atoms with E-state index < -0.39 is 35.9 Å². The van der Waals surface area contributed by atoms with Gasteiger partial charge in [0.2, 0.25) is 0 Å². The van der Waals surface area contributed by atoms with Crippen LogP contribution in [-0.2, 0) is 11.8 Å². The fraction of sp³-hybridized carbons (Fsp3) is 0.350. The van der Waals surface area contributed by atoms with E-state index in [2.05, 4.69) is 9.97 Å². The maximum absolute atomic E-state index is 13.8. The molecule has 3 aromatic rings. The summed E-state index contributed by atoms with van der Waals surface area (Å²) in [5.74, 6) is -0.465. The van der Waals surface area contributed by atoms with Crippen LogP contribution in [0.4, 0.5) is 17.6 Å². The van der Waals surface area contributed by atoms with E-state index >= 15 is 0 Å². The number of alkyl halides is 3. The number of nitrogens with zero attached hydrogens (tertiary/aromatic N) is 1. The number of aromatic nitrogens is 2. The summed E-state index contributed by atoms with van der Waals surface area (Å²) in [5, 5.41) is 11.4. The van der Waals surface area contributed by atoms with Crippen LogP contribution in [0.25, 0.3) is 10.9 Å². The first-order chi connectivity index (χ1) is 12.5. The molecule has 2 heterocycles. The molecule has 2 N–H and O–H groups in total. The van der Waals surface area contributed by atoms with Crippen LogP contribution in [0.1, 0.15) is 31.5 Å². The van der Waals surface area contributed by atoms with Gasteiger partial charge in [-0.2, -0.15) is 13.2 Å². The average Bonchev–Trinajstić information content (AvgIpc) is 2.95. The van der Waals surface area contributed by atoms with Gasteiger partial charge < -0.3 is 10.1 Å². The number of benzene rings is 1. The summed E-state index contributed by atoms with van der Waals surface area (Å²) < 4.78 is 54.6. The van der Waals surface area contributed by atoms with Crippen molar-refractivity contribution in [3.05, 3.63) is 65.9 Å². The minimum absolute atomic E-state index is 0.271. The molecule has 0 saturated heterocycles. The molecular formula is C20H20F4N2O. The number of hydrogen-bond donors (Lipinski definition) is 2. The zero-order chi connectivity index (χ0) is 19.9. The molecule has 3 rings (SSSR count).